The number of carboxylic acids is 3. The van der Waals surface area contributed by atoms with E-state index in [0.29, 0.717) is 50.7 Å². The molecule has 0 aromatic carbocycles. The summed E-state index contributed by atoms with van der Waals surface area (Å²) in [5.74, 6) is -2.91. The summed E-state index contributed by atoms with van der Waals surface area (Å²) in [6.45, 7) is 1.57. The molecule has 0 amide bonds. The van der Waals surface area contributed by atoms with Crippen LogP contribution in [-0.4, -0.2) is 98.7 Å². The van der Waals surface area contributed by atoms with Crippen molar-refractivity contribution in [2.75, 3.05) is 45.8 Å². The van der Waals surface area contributed by atoms with Crippen LogP contribution in [0.25, 0.3) is 0 Å². The maximum Gasteiger partial charge on any atom is 0.317 e. The van der Waals surface area contributed by atoms with Gasteiger partial charge in [-0.3, -0.25) is 34.1 Å². The Labute approximate surface area is 156 Å². The zero-order chi connectivity index (χ0) is 19.8. The van der Waals surface area contributed by atoms with Crippen molar-refractivity contribution in [1.82, 2.24) is 19.7 Å². The number of hydrogen-bond acceptors (Lipinski definition) is 7. The summed E-state index contributed by atoms with van der Waals surface area (Å²) in [6.07, 6.45) is 0. The average Bonchev–Trinajstić information content (AvgIpc) is 2.55. The minimum absolute atomic E-state index is 0.169. The Kier molecular flexibility index (Phi) is 7.65. The Bertz CT molecular complexity index is 638. The van der Waals surface area contributed by atoms with E-state index in [0.717, 1.165) is 0 Å². The second-order valence-electron chi connectivity index (χ2n) is 6.50. The number of fused-ring (bicyclic) bond motifs is 2. The Hall–Kier alpha value is -2.56. The van der Waals surface area contributed by atoms with Crippen LogP contribution >= 0.6 is 0 Å². The van der Waals surface area contributed by atoms with E-state index in [2.05, 4.69) is 4.98 Å². The van der Waals surface area contributed by atoms with E-state index < -0.39 is 17.9 Å². The second kappa shape index (κ2) is 9.95. The molecule has 1 aliphatic rings. The summed E-state index contributed by atoms with van der Waals surface area (Å²) >= 11 is 0. The fourth-order valence-corrected chi connectivity index (χ4v) is 3.00. The largest absolute Gasteiger partial charge is 0.480 e. The van der Waals surface area contributed by atoms with E-state index in [1.807, 2.05) is 6.07 Å². The van der Waals surface area contributed by atoms with E-state index in [-0.39, 0.29) is 19.6 Å². The van der Waals surface area contributed by atoms with Crippen LogP contribution in [0.1, 0.15) is 11.4 Å². The lowest BCUT2D eigenvalue weighted by atomic mass is 10.2. The van der Waals surface area contributed by atoms with Gasteiger partial charge >= 0.3 is 17.9 Å². The first-order chi connectivity index (χ1) is 12.8. The van der Waals surface area contributed by atoms with Crippen molar-refractivity contribution in [2.24, 2.45) is 0 Å². The first-order valence-corrected chi connectivity index (χ1v) is 8.59. The van der Waals surface area contributed by atoms with Gasteiger partial charge in [-0.05, 0) is 12.1 Å². The van der Waals surface area contributed by atoms with Crippen LogP contribution < -0.4 is 0 Å². The number of aliphatic carboxylic acids is 3. The van der Waals surface area contributed by atoms with Gasteiger partial charge in [-0.15, -0.1) is 0 Å². The van der Waals surface area contributed by atoms with Crippen molar-refractivity contribution < 1.29 is 29.7 Å². The molecule has 1 aromatic rings. The maximum atomic E-state index is 11.1. The fourth-order valence-electron chi connectivity index (χ4n) is 3.00. The third-order valence-corrected chi connectivity index (χ3v) is 4.18. The van der Waals surface area contributed by atoms with E-state index in [9.17, 15) is 14.4 Å². The third-order valence-electron chi connectivity index (χ3n) is 4.18. The van der Waals surface area contributed by atoms with Gasteiger partial charge in [-0.25, -0.2) is 0 Å². The lowest BCUT2D eigenvalue weighted by Gasteiger charge is -2.29. The van der Waals surface area contributed by atoms with Gasteiger partial charge in [0, 0.05) is 39.3 Å². The number of pyridine rings is 1. The van der Waals surface area contributed by atoms with E-state index in [4.69, 9.17) is 15.3 Å². The number of carboxylic acid groups (broad SMARTS) is 3. The minimum Gasteiger partial charge on any atom is -0.480 e. The van der Waals surface area contributed by atoms with E-state index in [1.165, 1.54) is 0 Å². The van der Waals surface area contributed by atoms with Gasteiger partial charge < -0.3 is 15.3 Å². The summed E-state index contributed by atoms with van der Waals surface area (Å²) in [4.78, 5) is 43.0. The summed E-state index contributed by atoms with van der Waals surface area (Å²) in [5.41, 5.74) is 1.38. The predicted molar refractivity (Wildman–Crippen MR) is 94.1 cm³/mol. The van der Waals surface area contributed by atoms with Gasteiger partial charge in [0.1, 0.15) is 0 Å². The molecule has 10 heteroatoms. The van der Waals surface area contributed by atoms with Crippen LogP contribution in [-0.2, 0) is 27.5 Å². The topological polar surface area (TPSA) is 135 Å². The molecule has 0 spiro atoms. The molecule has 0 saturated heterocycles. The number of nitrogens with zero attached hydrogens (tertiary/aromatic N) is 4. The Morgan fingerprint density at radius 2 is 1.11 bits per heavy atom. The highest BCUT2D eigenvalue weighted by molar-refractivity contribution is 5.69. The van der Waals surface area contributed by atoms with Gasteiger partial charge in [-0.1, -0.05) is 6.07 Å². The fraction of sp³-hybridized carbons (Fsp3) is 0.529. The molecule has 1 aliphatic heterocycles. The van der Waals surface area contributed by atoms with Crippen LogP contribution in [0.4, 0.5) is 0 Å². The predicted octanol–water partition coefficient (Wildman–Crippen LogP) is -0.745. The highest BCUT2D eigenvalue weighted by atomic mass is 16.4. The molecule has 3 N–H and O–H groups in total. The zero-order valence-corrected chi connectivity index (χ0v) is 15.0. The maximum absolute atomic E-state index is 11.1. The molecule has 0 radical (unpaired) electrons. The zero-order valence-electron chi connectivity index (χ0n) is 15.0. The van der Waals surface area contributed by atoms with Gasteiger partial charge in [0.25, 0.3) is 0 Å². The van der Waals surface area contributed by atoms with Crippen molar-refractivity contribution in [3.05, 3.63) is 29.6 Å². The lowest BCUT2D eigenvalue weighted by molar-refractivity contribution is -0.140. The SMILES string of the molecule is O=C(O)CN1CCN(CC(=O)O)Cc2cccc(n2)CN(CC(=O)O)CC1. The molecule has 27 heavy (non-hydrogen) atoms. The first kappa shape index (κ1) is 20.7. The molecule has 2 bridgehead atoms. The van der Waals surface area contributed by atoms with Crippen LogP contribution in [0.5, 0.6) is 0 Å². The number of aromatic nitrogens is 1. The quantitative estimate of drug-likeness (QED) is 0.579. The Balaban J connectivity index is 2.24. The van der Waals surface area contributed by atoms with E-state index in [1.54, 1.807) is 26.8 Å². The normalized spacial score (nSPS) is 17.6. The summed E-state index contributed by atoms with van der Waals surface area (Å²) in [6, 6.07) is 5.40. The van der Waals surface area contributed by atoms with Gasteiger partial charge in [0.05, 0.1) is 31.0 Å². The van der Waals surface area contributed by atoms with Crippen LogP contribution in [0.2, 0.25) is 0 Å². The molecular weight excluding hydrogens is 356 g/mol. The molecule has 0 aliphatic carbocycles. The lowest BCUT2D eigenvalue weighted by Crippen LogP contribution is -2.44. The molecule has 10 nitrogen and oxygen atoms in total. The molecule has 2 heterocycles. The molecule has 148 valence electrons. The Morgan fingerprint density at radius 3 is 1.52 bits per heavy atom. The smallest absolute Gasteiger partial charge is 0.317 e. The monoisotopic (exact) mass is 380 g/mol. The minimum atomic E-state index is -0.983. The second-order valence-corrected chi connectivity index (χ2v) is 6.50. The van der Waals surface area contributed by atoms with Crippen molar-refractivity contribution in [1.29, 1.82) is 0 Å². The van der Waals surface area contributed by atoms with Crippen LogP contribution in [0, 0.1) is 0 Å². The van der Waals surface area contributed by atoms with Gasteiger partial charge in [0.15, 0.2) is 0 Å². The van der Waals surface area contributed by atoms with Crippen molar-refractivity contribution >= 4 is 17.9 Å². The number of hydrogen-bond donors (Lipinski definition) is 3. The molecule has 0 atom stereocenters. The van der Waals surface area contributed by atoms with E-state index >= 15 is 0 Å². The molecule has 1 aromatic heterocycles. The molecule has 0 saturated carbocycles. The summed E-state index contributed by atoms with van der Waals surface area (Å²) < 4.78 is 0. The summed E-state index contributed by atoms with van der Waals surface area (Å²) in [7, 11) is 0. The van der Waals surface area contributed by atoms with Gasteiger partial charge in [-0.2, -0.15) is 0 Å². The molecular formula is C17H24N4O6. The first-order valence-electron chi connectivity index (χ1n) is 8.59. The van der Waals surface area contributed by atoms with Crippen molar-refractivity contribution in [3.63, 3.8) is 0 Å². The molecule has 0 unspecified atom stereocenters. The molecule has 2 rings (SSSR count). The highest BCUT2D eigenvalue weighted by Crippen LogP contribution is 2.09. The Morgan fingerprint density at radius 1 is 0.741 bits per heavy atom. The highest BCUT2D eigenvalue weighted by Gasteiger charge is 2.19. The van der Waals surface area contributed by atoms with Crippen molar-refractivity contribution in [2.45, 2.75) is 13.1 Å². The van der Waals surface area contributed by atoms with Gasteiger partial charge in [0.2, 0.25) is 0 Å². The standard InChI is InChI=1S/C17H24N4O6/c22-15(23)10-19-4-6-20(11-16(24)25)8-13-2-1-3-14(18-13)9-21(7-5-19)12-17(26)27/h1-3H,4-12H2,(H,22,23)(H,24,25)(H,26,27). The number of rotatable bonds is 6. The molecule has 0 fully saturated rings. The average molecular weight is 380 g/mol. The summed E-state index contributed by atoms with van der Waals surface area (Å²) in [5, 5.41) is 27.4. The van der Waals surface area contributed by atoms with Crippen LogP contribution in [0.3, 0.4) is 0 Å². The van der Waals surface area contributed by atoms with Crippen LogP contribution in [0.15, 0.2) is 18.2 Å². The van der Waals surface area contributed by atoms with Crippen molar-refractivity contribution in [3.8, 4) is 0 Å². The number of carbonyl (C=O) groups is 3. The third kappa shape index (κ3) is 7.69.